The topological polar surface area (TPSA) is 59.5 Å². The molecule has 0 radical (unpaired) electrons. The van der Waals surface area contributed by atoms with Crippen molar-refractivity contribution in [2.45, 2.75) is 38.2 Å². The van der Waals surface area contributed by atoms with Crippen molar-refractivity contribution in [2.75, 3.05) is 4.90 Å². The number of amides is 1. The number of carbonyl (C=O) groups excluding carboxylic acids is 2. The summed E-state index contributed by atoms with van der Waals surface area (Å²) in [6, 6.07) is 21.5. The third-order valence-corrected chi connectivity index (χ3v) is 6.11. The van der Waals surface area contributed by atoms with Gasteiger partial charge in [0.25, 0.3) is 0 Å². The molecule has 0 saturated carbocycles. The summed E-state index contributed by atoms with van der Waals surface area (Å²) in [5, 5.41) is 0. The lowest BCUT2D eigenvalue weighted by Gasteiger charge is -2.38. The zero-order valence-corrected chi connectivity index (χ0v) is 17.7. The van der Waals surface area contributed by atoms with Gasteiger partial charge < -0.3 is 4.74 Å². The van der Waals surface area contributed by atoms with Crippen LogP contribution in [-0.4, -0.2) is 16.7 Å². The summed E-state index contributed by atoms with van der Waals surface area (Å²) >= 11 is 0. The van der Waals surface area contributed by atoms with Gasteiger partial charge in [-0.2, -0.15) is 0 Å². The fourth-order valence-electron chi connectivity index (χ4n) is 4.60. The van der Waals surface area contributed by atoms with Gasteiger partial charge in [-0.15, -0.1) is 0 Å². The Morgan fingerprint density at radius 1 is 0.938 bits per heavy atom. The van der Waals surface area contributed by atoms with E-state index in [9.17, 15) is 9.59 Å². The highest BCUT2D eigenvalue weighted by atomic mass is 16.5. The molecule has 0 fully saturated rings. The van der Waals surface area contributed by atoms with Crippen LogP contribution in [0.4, 0.5) is 5.69 Å². The van der Waals surface area contributed by atoms with Crippen molar-refractivity contribution in [2.24, 2.45) is 0 Å². The molecule has 1 aromatic heterocycles. The normalized spacial score (nSPS) is 18.5. The van der Waals surface area contributed by atoms with E-state index in [-0.39, 0.29) is 24.0 Å². The molecule has 1 aliphatic carbocycles. The van der Waals surface area contributed by atoms with Gasteiger partial charge in [-0.25, -0.2) is 0 Å². The number of rotatable bonds is 5. The van der Waals surface area contributed by atoms with Crippen LogP contribution in [0.1, 0.15) is 42.7 Å². The van der Waals surface area contributed by atoms with E-state index in [1.165, 1.54) is 0 Å². The van der Waals surface area contributed by atoms with Crippen LogP contribution in [0, 0.1) is 0 Å². The number of pyridine rings is 1. The first-order valence-corrected chi connectivity index (χ1v) is 11.0. The second kappa shape index (κ2) is 8.79. The number of allylic oxidation sites excluding steroid dienone is 2. The molecule has 5 heteroatoms. The van der Waals surface area contributed by atoms with E-state index in [1.807, 2.05) is 66.7 Å². The molecule has 0 saturated heterocycles. The lowest BCUT2D eigenvalue weighted by molar-refractivity contribution is -0.119. The van der Waals surface area contributed by atoms with Gasteiger partial charge in [-0.1, -0.05) is 42.5 Å². The first kappa shape index (κ1) is 20.2. The van der Waals surface area contributed by atoms with Crippen molar-refractivity contribution in [3.8, 4) is 5.75 Å². The van der Waals surface area contributed by atoms with Crippen LogP contribution in [0.5, 0.6) is 5.75 Å². The Morgan fingerprint density at radius 2 is 1.75 bits per heavy atom. The van der Waals surface area contributed by atoms with E-state index in [0.717, 1.165) is 46.7 Å². The zero-order chi connectivity index (χ0) is 21.9. The Hall–Kier alpha value is -3.73. The Bertz CT molecular complexity index is 1150. The van der Waals surface area contributed by atoms with Crippen LogP contribution in [-0.2, 0) is 16.2 Å². The number of Topliss-reactive ketones (excluding diaryl/α,β-unsaturated/α-hetero) is 1. The maximum absolute atomic E-state index is 13.2. The molecule has 5 rings (SSSR count). The third-order valence-electron chi connectivity index (χ3n) is 6.11. The maximum atomic E-state index is 13.2. The molecule has 2 heterocycles. The number of anilines is 1. The van der Waals surface area contributed by atoms with Gasteiger partial charge in [0.1, 0.15) is 12.4 Å². The van der Waals surface area contributed by atoms with Crippen LogP contribution < -0.4 is 9.64 Å². The second-order valence-electron chi connectivity index (χ2n) is 8.18. The Kier molecular flexibility index (Phi) is 5.55. The number of hydrogen-bond donors (Lipinski definition) is 0. The summed E-state index contributed by atoms with van der Waals surface area (Å²) in [6.45, 7) is 0.496. The third kappa shape index (κ3) is 3.94. The van der Waals surface area contributed by atoms with Gasteiger partial charge in [0.05, 0.1) is 11.9 Å². The van der Waals surface area contributed by atoms with Crippen LogP contribution in [0.25, 0.3) is 0 Å². The molecular formula is C27H24N2O3. The summed E-state index contributed by atoms with van der Waals surface area (Å²) in [5.74, 6) is 0.685. The number of ketones is 1. The predicted molar refractivity (Wildman–Crippen MR) is 122 cm³/mol. The number of hydrogen-bond acceptors (Lipinski definition) is 4. The molecular weight excluding hydrogens is 400 g/mol. The van der Waals surface area contributed by atoms with Gasteiger partial charge in [-0.3, -0.25) is 19.5 Å². The summed E-state index contributed by atoms with van der Waals surface area (Å²) in [7, 11) is 0. The second-order valence-corrected chi connectivity index (χ2v) is 8.18. The van der Waals surface area contributed by atoms with E-state index < -0.39 is 0 Å². The predicted octanol–water partition coefficient (Wildman–Crippen LogP) is 5.19. The van der Waals surface area contributed by atoms with Gasteiger partial charge in [0, 0.05) is 36.2 Å². The first-order chi connectivity index (χ1) is 15.7. The van der Waals surface area contributed by atoms with Crippen molar-refractivity contribution < 1.29 is 14.3 Å². The zero-order valence-electron chi connectivity index (χ0n) is 17.7. The van der Waals surface area contributed by atoms with Crippen molar-refractivity contribution in [3.63, 3.8) is 0 Å². The first-order valence-electron chi connectivity index (χ1n) is 11.0. The molecule has 1 amide bonds. The van der Waals surface area contributed by atoms with Gasteiger partial charge >= 0.3 is 0 Å². The lowest BCUT2D eigenvalue weighted by atomic mass is 9.77. The molecule has 1 unspecified atom stereocenters. The molecule has 2 aromatic carbocycles. The fourth-order valence-corrected chi connectivity index (χ4v) is 4.60. The van der Waals surface area contributed by atoms with E-state index in [0.29, 0.717) is 13.0 Å². The monoisotopic (exact) mass is 424 g/mol. The molecule has 0 bridgehead atoms. The minimum Gasteiger partial charge on any atom is -0.489 e. The summed E-state index contributed by atoms with van der Waals surface area (Å²) in [6.07, 6.45) is 5.65. The maximum Gasteiger partial charge on any atom is 0.232 e. The minimum absolute atomic E-state index is 0.000791. The Morgan fingerprint density at radius 3 is 2.50 bits per heavy atom. The summed E-state index contributed by atoms with van der Waals surface area (Å²) in [5.41, 5.74) is 4.41. The Labute approximate surface area is 187 Å². The number of ether oxygens (including phenoxy) is 1. The number of nitrogens with zero attached hydrogens (tertiary/aromatic N) is 2. The minimum atomic E-state index is -0.221. The number of aromatic nitrogens is 1. The highest BCUT2D eigenvalue weighted by Crippen LogP contribution is 2.43. The van der Waals surface area contributed by atoms with Crippen molar-refractivity contribution in [1.29, 1.82) is 0 Å². The van der Waals surface area contributed by atoms with Crippen LogP contribution in [0.2, 0.25) is 0 Å². The lowest BCUT2D eigenvalue weighted by Crippen LogP contribution is -2.40. The van der Waals surface area contributed by atoms with E-state index in [2.05, 4.69) is 4.98 Å². The summed E-state index contributed by atoms with van der Waals surface area (Å²) < 4.78 is 5.90. The highest BCUT2D eigenvalue weighted by molar-refractivity contribution is 6.07. The van der Waals surface area contributed by atoms with E-state index in [4.69, 9.17) is 4.74 Å². The molecule has 0 spiro atoms. The van der Waals surface area contributed by atoms with Crippen molar-refractivity contribution in [3.05, 3.63) is 102 Å². The number of benzene rings is 2. The average Bonchev–Trinajstić information content (AvgIpc) is 2.84. The van der Waals surface area contributed by atoms with Crippen LogP contribution in [0.15, 0.2) is 90.4 Å². The van der Waals surface area contributed by atoms with E-state index >= 15 is 0 Å². The molecule has 0 N–H and O–H groups in total. The average molecular weight is 425 g/mol. The van der Waals surface area contributed by atoms with E-state index in [1.54, 1.807) is 17.3 Å². The smallest absolute Gasteiger partial charge is 0.232 e. The molecule has 160 valence electrons. The fraction of sp³-hybridized carbons (Fsp3) is 0.222. The van der Waals surface area contributed by atoms with Gasteiger partial charge in [0.2, 0.25) is 5.91 Å². The highest BCUT2D eigenvalue weighted by Gasteiger charge is 2.39. The van der Waals surface area contributed by atoms with Crippen molar-refractivity contribution >= 4 is 17.4 Å². The molecule has 1 aliphatic heterocycles. The standard InChI is InChI=1S/C27H24N2O3/c30-25-10-4-9-24-27(25)23(16-26(31)29(24)21-8-5-15-28-17-21)20-11-13-22(14-12-20)32-18-19-6-2-1-3-7-19/h1-3,5-8,11-15,17,23H,4,9-10,16,18H2. The molecule has 1 atom stereocenters. The van der Waals surface area contributed by atoms with Gasteiger partial charge in [-0.05, 0) is 48.2 Å². The van der Waals surface area contributed by atoms with Crippen LogP contribution >= 0.6 is 0 Å². The summed E-state index contributed by atoms with van der Waals surface area (Å²) in [4.78, 5) is 32.0. The quantitative estimate of drug-likeness (QED) is 0.566. The Balaban J connectivity index is 1.43. The van der Waals surface area contributed by atoms with Crippen molar-refractivity contribution in [1.82, 2.24) is 4.98 Å². The molecule has 32 heavy (non-hydrogen) atoms. The molecule has 2 aliphatic rings. The van der Waals surface area contributed by atoms with Crippen LogP contribution in [0.3, 0.4) is 0 Å². The largest absolute Gasteiger partial charge is 0.489 e. The SMILES string of the molecule is O=C1CCCC2=C1C(c1ccc(OCc3ccccc3)cc1)CC(=O)N2c1cccnc1. The molecule has 5 nitrogen and oxygen atoms in total. The van der Waals surface area contributed by atoms with Gasteiger partial charge in [0.15, 0.2) is 5.78 Å². The molecule has 3 aromatic rings. The number of carbonyl (C=O) groups is 2.